The Labute approximate surface area is 217 Å². The number of rotatable bonds is 11. The maximum atomic E-state index is 13.7. The van der Waals surface area contributed by atoms with Crippen LogP contribution in [-0.2, 0) is 24.1 Å². The Morgan fingerprint density at radius 2 is 1.78 bits per heavy atom. The standard InChI is InChI=1S/C32H43FN2O/c1-24-27(16-9-20-30(24)33)15-2-3-17-28(36)18-8-12-25-10-6-13-26(14-7-11-25)22-32-29-19-4-5-21-31(29)34-23-35-32/h4,9,16,19-20,23,25-26H,2-3,5-8,10-15,17-18,21-22H2,1H3. The van der Waals surface area contributed by atoms with Crippen molar-refractivity contribution in [1.82, 2.24) is 9.97 Å². The van der Waals surface area contributed by atoms with E-state index < -0.39 is 0 Å². The van der Waals surface area contributed by atoms with Crippen LogP contribution in [0.5, 0.6) is 0 Å². The van der Waals surface area contributed by atoms with Gasteiger partial charge in [-0.05, 0) is 80.9 Å². The molecule has 0 atom stereocenters. The van der Waals surface area contributed by atoms with Gasteiger partial charge in [-0.15, -0.1) is 0 Å². The third-order valence-corrected chi connectivity index (χ3v) is 8.41. The van der Waals surface area contributed by atoms with Crippen molar-refractivity contribution in [2.75, 3.05) is 0 Å². The molecule has 4 rings (SSSR count). The highest BCUT2D eigenvalue weighted by atomic mass is 19.1. The largest absolute Gasteiger partial charge is 0.300 e. The fourth-order valence-corrected chi connectivity index (χ4v) is 6.17. The summed E-state index contributed by atoms with van der Waals surface area (Å²) in [7, 11) is 0. The number of nitrogens with zero attached hydrogens (tertiary/aromatic N) is 2. The van der Waals surface area contributed by atoms with E-state index in [0.717, 1.165) is 74.3 Å². The topological polar surface area (TPSA) is 42.9 Å². The van der Waals surface area contributed by atoms with Gasteiger partial charge in [-0.25, -0.2) is 14.4 Å². The first-order valence-corrected chi connectivity index (χ1v) is 14.3. The molecule has 0 unspecified atom stereocenters. The SMILES string of the molecule is Cc1c(F)cccc1CCCCC(=O)CCCC1CCCC(Cc2ncnc3c2C=CCC3)CCC1. The second-order valence-electron chi connectivity index (χ2n) is 11.1. The molecule has 1 saturated carbocycles. The van der Waals surface area contributed by atoms with Crippen LogP contribution >= 0.6 is 0 Å². The highest BCUT2D eigenvalue weighted by Crippen LogP contribution is 2.32. The van der Waals surface area contributed by atoms with Crippen LogP contribution in [0, 0.1) is 24.6 Å². The number of halogens is 1. The number of unbranched alkanes of at least 4 members (excludes halogenated alkanes) is 1. The minimum absolute atomic E-state index is 0.130. The summed E-state index contributed by atoms with van der Waals surface area (Å²) in [5.74, 6) is 1.79. The Hall–Kier alpha value is -2.36. The lowest BCUT2D eigenvalue weighted by atomic mass is 9.81. The summed E-state index contributed by atoms with van der Waals surface area (Å²) < 4.78 is 13.7. The Balaban J connectivity index is 1.10. The fourth-order valence-electron chi connectivity index (χ4n) is 6.17. The molecular weight excluding hydrogens is 447 g/mol. The van der Waals surface area contributed by atoms with E-state index in [1.165, 1.54) is 68.0 Å². The van der Waals surface area contributed by atoms with Gasteiger partial charge in [-0.1, -0.05) is 69.2 Å². The number of hydrogen-bond acceptors (Lipinski definition) is 3. The van der Waals surface area contributed by atoms with Crippen molar-refractivity contribution in [3.63, 3.8) is 0 Å². The first kappa shape index (κ1) is 26.7. The third kappa shape index (κ3) is 7.82. The highest BCUT2D eigenvalue weighted by molar-refractivity contribution is 5.78. The van der Waals surface area contributed by atoms with Gasteiger partial charge >= 0.3 is 0 Å². The van der Waals surface area contributed by atoms with Gasteiger partial charge in [-0.3, -0.25) is 4.79 Å². The van der Waals surface area contributed by atoms with E-state index in [9.17, 15) is 9.18 Å². The van der Waals surface area contributed by atoms with Crippen LogP contribution in [-0.4, -0.2) is 15.8 Å². The van der Waals surface area contributed by atoms with Crippen LogP contribution in [0.25, 0.3) is 6.08 Å². The molecule has 2 aromatic rings. The molecule has 36 heavy (non-hydrogen) atoms. The average Bonchev–Trinajstić information content (AvgIpc) is 2.87. The molecule has 0 saturated heterocycles. The minimum Gasteiger partial charge on any atom is -0.300 e. The number of aromatic nitrogens is 2. The third-order valence-electron chi connectivity index (χ3n) is 8.41. The van der Waals surface area contributed by atoms with Gasteiger partial charge in [-0.2, -0.15) is 0 Å². The van der Waals surface area contributed by atoms with Crippen molar-refractivity contribution in [3.8, 4) is 0 Å². The zero-order chi connectivity index (χ0) is 25.2. The zero-order valence-corrected chi connectivity index (χ0v) is 22.1. The van der Waals surface area contributed by atoms with Crippen LogP contribution in [0.15, 0.2) is 30.6 Å². The molecule has 1 aromatic heterocycles. The lowest BCUT2D eigenvalue weighted by molar-refractivity contribution is -0.119. The van der Waals surface area contributed by atoms with Crippen molar-refractivity contribution < 1.29 is 9.18 Å². The number of Topliss-reactive ketones (excluding diaryl/α,β-unsaturated/α-hetero) is 1. The Morgan fingerprint density at radius 3 is 2.61 bits per heavy atom. The number of ketones is 1. The summed E-state index contributed by atoms with van der Waals surface area (Å²) in [6, 6.07) is 5.29. The van der Waals surface area contributed by atoms with Gasteiger partial charge in [0, 0.05) is 18.4 Å². The van der Waals surface area contributed by atoms with Crippen molar-refractivity contribution in [3.05, 3.63) is 64.5 Å². The Kier molecular flexibility index (Phi) is 10.2. The van der Waals surface area contributed by atoms with Crippen LogP contribution in [0.4, 0.5) is 4.39 Å². The fraction of sp³-hybridized carbons (Fsp3) is 0.594. The van der Waals surface area contributed by atoms with E-state index >= 15 is 0 Å². The maximum absolute atomic E-state index is 13.7. The number of carbonyl (C=O) groups is 1. The van der Waals surface area contributed by atoms with Crippen LogP contribution in [0.1, 0.15) is 112 Å². The van der Waals surface area contributed by atoms with Crippen LogP contribution in [0.3, 0.4) is 0 Å². The van der Waals surface area contributed by atoms with Crippen LogP contribution < -0.4 is 0 Å². The molecule has 1 heterocycles. The highest BCUT2D eigenvalue weighted by Gasteiger charge is 2.20. The summed E-state index contributed by atoms with van der Waals surface area (Å²) in [5, 5.41) is 0. The number of benzene rings is 1. The van der Waals surface area contributed by atoms with Gasteiger partial charge < -0.3 is 0 Å². The molecule has 1 aromatic carbocycles. The lowest BCUT2D eigenvalue weighted by Gasteiger charge is -2.25. The Morgan fingerprint density at radius 1 is 1.00 bits per heavy atom. The average molecular weight is 491 g/mol. The number of carbonyl (C=O) groups excluding carboxylic acids is 1. The number of aryl methyl sites for hydroxylation is 2. The van der Waals surface area contributed by atoms with Crippen molar-refractivity contribution >= 4 is 11.9 Å². The van der Waals surface area contributed by atoms with E-state index in [2.05, 4.69) is 22.1 Å². The summed E-state index contributed by atoms with van der Waals surface area (Å²) in [6.45, 7) is 1.84. The van der Waals surface area contributed by atoms with E-state index in [1.807, 2.05) is 13.0 Å². The molecule has 4 heteroatoms. The number of hydrogen-bond donors (Lipinski definition) is 0. The van der Waals surface area contributed by atoms with Crippen molar-refractivity contribution in [2.24, 2.45) is 11.8 Å². The molecule has 0 spiro atoms. The maximum Gasteiger partial charge on any atom is 0.132 e. The second kappa shape index (κ2) is 13.8. The molecule has 0 aliphatic heterocycles. The predicted octanol–water partition coefficient (Wildman–Crippen LogP) is 8.17. The monoisotopic (exact) mass is 490 g/mol. The lowest BCUT2D eigenvalue weighted by Crippen LogP contribution is -2.14. The van der Waals surface area contributed by atoms with E-state index in [4.69, 9.17) is 0 Å². The van der Waals surface area contributed by atoms with Gasteiger partial charge in [0.15, 0.2) is 0 Å². The van der Waals surface area contributed by atoms with E-state index in [-0.39, 0.29) is 5.82 Å². The van der Waals surface area contributed by atoms with Crippen molar-refractivity contribution in [1.29, 1.82) is 0 Å². The molecule has 2 aliphatic carbocycles. The molecule has 3 nitrogen and oxygen atoms in total. The minimum atomic E-state index is -0.130. The zero-order valence-electron chi connectivity index (χ0n) is 22.1. The molecule has 2 aliphatic rings. The van der Waals surface area contributed by atoms with Crippen LogP contribution in [0.2, 0.25) is 0 Å². The summed E-state index contributed by atoms with van der Waals surface area (Å²) in [5.41, 5.74) is 5.59. The molecule has 0 N–H and O–H groups in total. The molecule has 0 bridgehead atoms. The predicted molar refractivity (Wildman–Crippen MR) is 145 cm³/mol. The van der Waals surface area contributed by atoms with Gasteiger partial charge in [0.05, 0.1) is 11.4 Å². The molecule has 1 fully saturated rings. The summed E-state index contributed by atoms with van der Waals surface area (Å²) >= 11 is 0. The quantitative estimate of drug-likeness (QED) is 0.298. The molecule has 194 valence electrons. The summed E-state index contributed by atoms with van der Waals surface area (Å²) in [6.07, 6.45) is 23.6. The first-order valence-electron chi connectivity index (χ1n) is 14.3. The Bertz CT molecular complexity index is 1020. The smallest absolute Gasteiger partial charge is 0.132 e. The normalized spacial score (nSPS) is 19.9. The molecule has 0 amide bonds. The van der Waals surface area contributed by atoms with E-state index in [1.54, 1.807) is 12.4 Å². The number of allylic oxidation sites excluding steroid dienone is 1. The van der Waals surface area contributed by atoms with E-state index in [0.29, 0.717) is 12.2 Å². The van der Waals surface area contributed by atoms with Gasteiger partial charge in [0.1, 0.15) is 17.9 Å². The second-order valence-corrected chi connectivity index (χ2v) is 11.1. The van der Waals surface area contributed by atoms with Crippen molar-refractivity contribution in [2.45, 2.75) is 110 Å². The van der Waals surface area contributed by atoms with Gasteiger partial charge in [0.2, 0.25) is 0 Å². The molecular formula is C32H43FN2O. The van der Waals surface area contributed by atoms with Gasteiger partial charge in [0.25, 0.3) is 0 Å². The first-order chi connectivity index (χ1) is 17.6. The number of fused-ring (bicyclic) bond motifs is 1. The summed E-state index contributed by atoms with van der Waals surface area (Å²) in [4.78, 5) is 21.5. The molecule has 0 radical (unpaired) electrons.